The molecule has 0 saturated carbocycles. The fraction of sp³-hybridized carbons (Fsp3) is 0.417. The molecule has 0 aromatic heterocycles. The number of ether oxygens (including phenoxy) is 1. The van der Waals surface area contributed by atoms with E-state index in [1.807, 2.05) is 6.07 Å². The molecule has 0 aliphatic heterocycles. The third-order valence-corrected chi connectivity index (χ3v) is 4.20. The lowest BCUT2D eigenvalue weighted by Gasteiger charge is -2.16. The van der Waals surface area contributed by atoms with Gasteiger partial charge in [-0.3, -0.25) is 10.1 Å². The Hall–Kier alpha value is -2.18. The molecule has 8 nitrogen and oxygen atoms in total. The normalized spacial score (nSPS) is 12.7. The maximum atomic E-state index is 12.3. The summed E-state index contributed by atoms with van der Waals surface area (Å²) in [6, 6.07) is 4.13. The number of nitrogens with one attached hydrogen (secondary N) is 1. The summed E-state index contributed by atoms with van der Waals surface area (Å²) in [6.45, 7) is 3.36. The summed E-state index contributed by atoms with van der Waals surface area (Å²) in [5.41, 5.74) is -0.380. The first-order chi connectivity index (χ1) is 9.72. The third kappa shape index (κ3) is 3.90. The molecular weight excluding hydrogens is 298 g/mol. The molecule has 1 N–H and O–H groups in total. The lowest BCUT2D eigenvalue weighted by molar-refractivity contribution is -0.385. The van der Waals surface area contributed by atoms with Crippen LogP contribution in [0.5, 0.6) is 5.75 Å². The summed E-state index contributed by atoms with van der Waals surface area (Å²) in [5.74, 6) is -0.289. The number of hydrogen-bond acceptors (Lipinski definition) is 6. The quantitative estimate of drug-likeness (QED) is 0.626. The topological polar surface area (TPSA) is 122 Å². The number of hydrogen-bond donors (Lipinski definition) is 1. The third-order valence-electron chi connectivity index (χ3n) is 2.74. The zero-order valence-corrected chi connectivity index (χ0v) is 12.5. The van der Waals surface area contributed by atoms with Crippen molar-refractivity contribution in [3.63, 3.8) is 0 Å². The van der Waals surface area contributed by atoms with Crippen LogP contribution in [0.2, 0.25) is 0 Å². The van der Waals surface area contributed by atoms with E-state index in [9.17, 15) is 18.5 Å². The Morgan fingerprint density at radius 3 is 2.48 bits per heavy atom. The zero-order valence-electron chi connectivity index (χ0n) is 11.7. The number of non-ortho nitro benzene ring substituents is 1. The average Bonchev–Trinajstić information content (AvgIpc) is 2.43. The van der Waals surface area contributed by atoms with Crippen LogP contribution in [0.4, 0.5) is 5.69 Å². The number of nitro groups is 1. The van der Waals surface area contributed by atoms with Gasteiger partial charge in [0.1, 0.15) is 16.7 Å². The van der Waals surface area contributed by atoms with E-state index in [1.165, 1.54) is 13.2 Å². The molecule has 21 heavy (non-hydrogen) atoms. The van der Waals surface area contributed by atoms with Crippen LogP contribution in [0.15, 0.2) is 23.1 Å². The van der Waals surface area contributed by atoms with Crippen LogP contribution in [-0.2, 0) is 10.0 Å². The van der Waals surface area contributed by atoms with Crippen molar-refractivity contribution < 1.29 is 18.1 Å². The Morgan fingerprint density at radius 1 is 1.43 bits per heavy atom. The van der Waals surface area contributed by atoms with Gasteiger partial charge >= 0.3 is 0 Å². The molecule has 1 unspecified atom stereocenters. The fourth-order valence-electron chi connectivity index (χ4n) is 1.53. The maximum absolute atomic E-state index is 12.3. The Labute approximate surface area is 122 Å². The second-order valence-electron chi connectivity index (χ2n) is 4.56. The largest absolute Gasteiger partial charge is 0.495 e. The van der Waals surface area contributed by atoms with Gasteiger partial charge in [0.25, 0.3) is 5.69 Å². The van der Waals surface area contributed by atoms with Gasteiger partial charge in [-0.2, -0.15) is 9.98 Å². The Balaban J connectivity index is 3.33. The predicted molar refractivity (Wildman–Crippen MR) is 74.2 cm³/mol. The van der Waals surface area contributed by atoms with Gasteiger partial charge in [0.05, 0.1) is 18.1 Å². The van der Waals surface area contributed by atoms with Gasteiger partial charge in [0.15, 0.2) is 0 Å². The molecule has 0 heterocycles. The molecule has 0 aliphatic rings. The van der Waals surface area contributed by atoms with Gasteiger partial charge in [-0.1, -0.05) is 13.8 Å². The number of nitro benzene ring substituents is 1. The van der Waals surface area contributed by atoms with E-state index in [4.69, 9.17) is 10.00 Å². The molecule has 0 aliphatic carbocycles. The summed E-state index contributed by atoms with van der Waals surface area (Å²) in [7, 11) is -2.86. The molecule has 1 rings (SSSR count). The molecule has 9 heteroatoms. The minimum Gasteiger partial charge on any atom is -0.495 e. The first-order valence-electron chi connectivity index (χ1n) is 5.97. The second-order valence-corrected chi connectivity index (χ2v) is 6.25. The van der Waals surface area contributed by atoms with Crippen LogP contribution in [0.25, 0.3) is 0 Å². The van der Waals surface area contributed by atoms with Crippen LogP contribution in [0, 0.1) is 27.4 Å². The van der Waals surface area contributed by atoms with E-state index in [0.717, 1.165) is 12.1 Å². The van der Waals surface area contributed by atoms with Gasteiger partial charge in [-0.05, 0) is 12.0 Å². The molecule has 1 aromatic rings. The highest BCUT2D eigenvalue weighted by molar-refractivity contribution is 7.89. The maximum Gasteiger partial charge on any atom is 0.271 e. The average molecular weight is 313 g/mol. The van der Waals surface area contributed by atoms with Crippen LogP contribution >= 0.6 is 0 Å². The van der Waals surface area contributed by atoms with E-state index in [1.54, 1.807) is 13.8 Å². The van der Waals surface area contributed by atoms with Crippen molar-refractivity contribution in [2.75, 3.05) is 7.11 Å². The van der Waals surface area contributed by atoms with Crippen molar-refractivity contribution in [3.05, 3.63) is 28.3 Å². The zero-order chi connectivity index (χ0) is 16.2. The SMILES string of the molecule is COc1ccc([N+](=O)[O-])cc1S(=O)(=O)NC(C#N)C(C)C. The summed E-state index contributed by atoms with van der Waals surface area (Å²) in [5, 5.41) is 19.7. The highest BCUT2D eigenvalue weighted by Gasteiger charge is 2.27. The highest BCUT2D eigenvalue weighted by atomic mass is 32.2. The summed E-state index contributed by atoms with van der Waals surface area (Å²) < 4.78 is 31.7. The predicted octanol–water partition coefficient (Wildman–Crippen LogP) is 1.43. The highest BCUT2D eigenvalue weighted by Crippen LogP contribution is 2.28. The standard InChI is InChI=1S/C12H15N3O5S/c1-8(2)10(7-13)14-21(18,19)12-6-9(15(16)17)4-5-11(12)20-3/h4-6,8,10,14H,1-3H3. The van der Waals surface area contributed by atoms with Crippen LogP contribution in [0.3, 0.4) is 0 Å². The van der Waals surface area contributed by atoms with Crippen molar-refractivity contribution in [3.8, 4) is 11.8 Å². The first-order valence-corrected chi connectivity index (χ1v) is 7.45. The second kappa shape index (κ2) is 6.51. The lowest BCUT2D eigenvalue weighted by atomic mass is 10.1. The fourth-order valence-corrected chi connectivity index (χ4v) is 3.01. The van der Waals surface area contributed by atoms with Crippen molar-refractivity contribution >= 4 is 15.7 Å². The molecule has 0 saturated heterocycles. The van der Waals surface area contributed by atoms with Crippen LogP contribution in [-0.4, -0.2) is 26.5 Å². The van der Waals surface area contributed by atoms with Gasteiger partial charge in [-0.25, -0.2) is 8.42 Å². The molecular formula is C12H15N3O5S. The number of sulfonamides is 1. The smallest absolute Gasteiger partial charge is 0.271 e. The van der Waals surface area contributed by atoms with Crippen molar-refractivity contribution in [2.45, 2.75) is 24.8 Å². The molecule has 114 valence electrons. The molecule has 1 aromatic carbocycles. The lowest BCUT2D eigenvalue weighted by Crippen LogP contribution is -2.37. The van der Waals surface area contributed by atoms with Crippen LogP contribution in [0.1, 0.15) is 13.8 Å². The number of nitrogens with zero attached hydrogens (tertiary/aromatic N) is 2. The van der Waals surface area contributed by atoms with E-state index in [-0.39, 0.29) is 22.3 Å². The molecule has 0 amide bonds. The van der Waals surface area contributed by atoms with Gasteiger partial charge in [0.2, 0.25) is 10.0 Å². The minimum atomic E-state index is -4.12. The monoisotopic (exact) mass is 313 g/mol. The number of nitriles is 1. The summed E-state index contributed by atoms with van der Waals surface area (Å²) >= 11 is 0. The van der Waals surface area contributed by atoms with Gasteiger partial charge in [0, 0.05) is 12.1 Å². The van der Waals surface area contributed by atoms with E-state index >= 15 is 0 Å². The number of methoxy groups -OCH3 is 1. The Morgan fingerprint density at radius 2 is 2.05 bits per heavy atom. The molecule has 0 spiro atoms. The molecule has 0 radical (unpaired) electrons. The van der Waals surface area contributed by atoms with Crippen molar-refractivity contribution in [1.82, 2.24) is 4.72 Å². The first kappa shape index (κ1) is 16.9. The van der Waals surface area contributed by atoms with Crippen molar-refractivity contribution in [1.29, 1.82) is 5.26 Å². The van der Waals surface area contributed by atoms with Gasteiger partial charge in [-0.15, -0.1) is 0 Å². The van der Waals surface area contributed by atoms with E-state index in [0.29, 0.717) is 0 Å². The molecule has 0 fully saturated rings. The summed E-state index contributed by atoms with van der Waals surface area (Å²) in [6.07, 6.45) is 0. The number of rotatable bonds is 6. The minimum absolute atomic E-state index is 0.0338. The van der Waals surface area contributed by atoms with E-state index in [2.05, 4.69) is 4.72 Å². The van der Waals surface area contributed by atoms with E-state index < -0.39 is 21.0 Å². The van der Waals surface area contributed by atoms with Crippen molar-refractivity contribution in [2.24, 2.45) is 5.92 Å². The summed E-state index contributed by atoms with van der Waals surface area (Å²) in [4.78, 5) is 9.68. The molecule has 0 bridgehead atoms. The Bertz CT molecular complexity index is 679. The molecule has 1 atom stereocenters. The van der Waals surface area contributed by atoms with Crippen LogP contribution < -0.4 is 9.46 Å². The van der Waals surface area contributed by atoms with Gasteiger partial charge < -0.3 is 4.74 Å². The number of benzene rings is 1. The Kier molecular flexibility index (Phi) is 5.23.